The number of hydrogen-bond acceptors (Lipinski definition) is 1. The molecule has 1 aliphatic rings. The van der Waals surface area contributed by atoms with Gasteiger partial charge in [-0.1, -0.05) is 29.8 Å². The minimum absolute atomic E-state index is 0.0138. The molecular formula is C14H10ClO. The molecule has 0 heterocycles. The zero-order valence-corrected chi connectivity index (χ0v) is 9.32. The van der Waals surface area contributed by atoms with Gasteiger partial charge in [0.05, 0.1) is 5.92 Å². The van der Waals surface area contributed by atoms with Gasteiger partial charge < -0.3 is 0 Å². The van der Waals surface area contributed by atoms with E-state index in [9.17, 15) is 4.79 Å². The number of carbonyl (C=O) groups excluding carboxylic acids is 1. The lowest BCUT2D eigenvalue weighted by Gasteiger charge is -2.00. The summed E-state index contributed by atoms with van der Waals surface area (Å²) in [5.74, 6) is 0.727. The van der Waals surface area contributed by atoms with Gasteiger partial charge in [-0.05, 0) is 49.5 Å². The molecule has 0 N–H and O–H groups in total. The first-order valence-corrected chi connectivity index (χ1v) is 5.33. The van der Waals surface area contributed by atoms with Crippen molar-refractivity contribution in [3.05, 3.63) is 72.5 Å². The number of benzene rings is 1. The van der Waals surface area contributed by atoms with Crippen LogP contribution in [0.2, 0.25) is 5.02 Å². The van der Waals surface area contributed by atoms with Crippen molar-refractivity contribution in [2.75, 3.05) is 0 Å². The highest BCUT2D eigenvalue weighted by Crippen LogP contribution is 2.24. The normalized spacial score (nSPS) is 17.1. The molecule has 0 amide bonds. The second-order valence-corrected chi connectivity index (χ2v) is 3.86. The number of carbonyl (C=O) groups is 1. The molecule has 1 aliphatic carbocycles. The summed E-state index contributed by atoms with van der Waals surface area (Å²) in [6.07, 6.45) is 10.7. The molecule has 2 heteroatoms. The maximum atomic E-state index is 11.6. The van der Waals surface area contributed by atoms with E-state index >= 15 is 0 Å². The summed E-state index contributed by atoms with van der Waals surface area (Å²) in [5, 5.41) is 0.694. The van der Waals surface area contributed by atoms with Crippen LogP contribution in [0.15, 0.2) is 30.3 Å². The monoisotopic (exact) mass is 229 g/mol. The molecule has 1 aromatic rings. The molecule has 1 nitrogen and oxygen atoms in total. The molecule has 1 saturated carbocycles. The van der Waals surface area contributed by atoms with Crippen LogP contribution < -0.4 is 0 Å². The number of rotatable bonds is 3. The lowest BCUT2D eigenvalue weighted by Crippen LogP contribution is -2.05. The molecular weight excluding hydrogens is 220 g/mol. The molecule has 1 aromatic carbocycles. The molecule has 5 radical (unpaired) electrons. The Bertz CT molecular complexity index is 386. The first-order chi connectivity index (χ1) is 7.75. The highest BCUT2D eigenvalue weighted by molar-refractivity contribution is 6.30. The summed E-state index contributed by atoms with van der Waals surface area (Å²) < 4.78 is 0. The van der Waals surface area contributed by atoms with E-state index < -0.39 is 0 Å². The topological polar surface area (TPSA) is 17.1 Å². The average Bonchev–Trinajstić information content (AvgIpc) is 2.81. The maximum Gasteiger partial charge on any atom is 0.163 e. The van der Waals surface area contributed by atoms with Crippen LogP contribution in [0.25, 0.3) is 6.08 Å². The number of hydrogen-bond donors (Lipinski definition) is 0. The predicted octanol–water partition coefficient (Wildman–Crippen LogP) is 3.33. The van der Waals surface area contributed by atoms with Crippen LogP contribution >= 0.6 is 11.6 Å². The van der Waals surface area contributed by atoms with Crippen molar-refractivity contribution >= 4 is 23.5 Å². The summed E-state index contributed by atoms with van der Waals surface area (Å²) >= 11 is 5.76. The van der Waals surface area contributed by atoms with E-state index in [2.05, 4.69) is 0 Å². The average molecular weight is 230 g/mol. The third kappa shape index (κ3) is 2.96. The Morgan fingerprint density at radius 2 is 1.69 bits per heavy atom. The summed E-state index contributed by atoms with van der Waals surface area (Å²) in [6.45, 7) is 0. The molecule has 0 unspecified atom stereocenters. The van der Waals surface area contributed by atoms with E-state index in [0.29, 0.717) is 10.9 Å². The van der Waals surface area contributed by atoms with Crippen molar-refractivity contribution in [3.63, 3.8) is 0 Å². The van der Waals surface area contributed by atoms with Gasteiger partial charge in [0.15, 0.2) is 5.78 Å². The quantitative estimate of drug-likeness (QED) is 0.727. The second-order valence-electron chi connectivity index (χ2n) is 3.42. The molecule has 79 valence electrons. The Balaban J connectivity index is 1.97. The largest absolute Gasteiger partial charge is 0.294 e. The third-order valence-corrected chi connectivity index (χ3v) is 2.50. The van der Waals surface area contributed by atoms with Crippen LogP contribution in [-0.2, 0) is 4.79 Å². The molecule has 0 atom stereocenters. The molecule has 2 rings (SSSR count). The van der Waals surface area contributed by atoms with Crippen LogP contribution in [0.1, 0.15) is 5.56 Å². The van der Waals surface area contributed by atoms with Crippen LogP contribution in [0.5, 0.6) is 0 Å². The smallest absolute Gasteiger partial charge is 0.163 e. The van der Waals surface area contributed by atoms with E-state index in [1.54, 1.807) is 37.1 Å². The fourth-order valence-corrected chi connectivity index (χ4v) is 1.51. The predicted molar refractivity (Wildman–Crippen MR) is 65.9 cm³/mol. The standard InChI is InChI=1S/C14H10ClO/c15-13-8-5-11(6-9-13)7-10-14(16)12-3-1-2-4-12/h1-10H/b10-7+. The summed E-state index contributed by atoms with van der Waals surface area (Å²) in [4.78, 5) is 11.6. The van der Waals surface area contributed by atoms with Gasteiger partial charge in [0.25, 0.3) is 0 Å². The van der Waals surface area contributed by atoms with Gasteiger partial charge in [-0.2, -0.15) is 0 Å². The van der Waals surface area contributed by atoms with Gasteiger partial charge in [0, 0.05) is 5.02 Å². The Kier molecular flexibility index (Phi) is 3.79. The number of allylic oxidation sites excluding steroid dienone is 1. The van der Waals surface area contributed by atoms with E-state index in [4.69, 9.17) is 11.6 Å². The molecule has 0 saturated heterocycles. The zero-order chi connectivity index (χ0) is 11.4. The van der Waals surface area contributed by atoms with Gasteiger partial charge in [-0.25, -0.2) is 0 Å². The first-order valence-electron chi connectivity index (χ1n) is 4.95. The van der Waals surface area contributed by atoms with Gasteiger partial charge in [-0.3, -0.25) is 4.79 Å². The fraction of sp³-hybridized carbons (Fsp3) is 0. The molecule has 0 aliphatic heterocycles. The second kappa shape index (κ2) is 5.31. The van der Waals surface area contributed by atoms with Crippen LogP contribution in [0, 0.1) is 31.6 Å². The van der Waals surface area contributed by atoms with E-state index in [1.807, 2.05) is 25.0 Å². The van der Waals surface area contributed by atoms with Gasteiger partial charge >= 0.3 is 0 Å². The summed E-state index contributed by atoms with van der Waals surface area (Å²) in [6, 6.07) is 7.34. The number of ketones is 1. The number of halogens is 1. The van der Waals surface area contributed by atoms with E-state index in [1.165, 1.54) is 0 Å². The Labute approximate surface area is 101 Å². The summed E-state index contributed by atoms with van der Waals surface area (Å²) in [7, 11) is 0. The lowest BCUT2D eigenvalue weighted by atomic mass is 10.0. The van der Waals surface area contributed by atoms with E-state index in [-0.39, 0.29) is 5.78 Å². The highest BCUT2D eigenvalue weighted by atomic mass is 35.5. The minimum atomic E-state index is 0.0138. The lowest BCUT2D eigenvalue weighted by molar-refractivity contribution is -0.112. The van der Waals surface area contributed by atoms with Crippen molar-refractivity contribution < 1.29 is 4.79 Å². The third-order valence-electron chi connectivity index (χ3n) is 2.24. The van der Waals surface area contributed by atoms with Gasteiger partial charge in [0.2, 0.25) is 0 Å². The molecule has 0 aromatic heterocycles. The Morgan fingerprint density at radius 1 is 1.06 bits per heavy atom. The zero-order valence-electron chi connectivity index (χ0n) is 8.56. The Hall–Kier alpha value is -1.08. The first kappa shape index (κ1) is 11.4. The molecule has 0 bridgehead atoms. The highest BCUT2D eigenvalue weighted by Gasteiger charge is 2.22. The Morgan fingerprint density at radius 3 is 2.31 bits per heavy atom. The van der Waals surface area contributed by atoms with E-state index in [0.717, 1.165) is 5.56 Å². The van der Waals surface area contributed by atoms with Crippen molar-refractivity contribution in [2.45, 2.75) is 0 Å². The van der Waals surface area contributed by atoms with Crippen LogP contribution in [-0.4, -0.2) is 5.78 Å². The van der Waals surface area contributed by atoms with Gasteiger partial charge in [-0.15, -0.1) is 0 Å². The van der Waals surface area contributed by atoms with Crippen LogP contribution in [0.4, 0.5) is 0 Å². The summed E-state index contributed by atoms with van der Waals surface area (Å²) in [5.41, 5.74) is 0.962. The van der Waals surface area contributed by atoms with Crippen molar-refractivity contribution in [1.29, 1.82) is 0 Å². The molecule has 1 fully saturated rings. The maximum absolute atomic E-state index is 11.6. The molecule has 0 spiro atoms. The SMILES string of the molecule is O=C(/C=C/c1ccc(Cl)cc1)[C]1[CH][CH][CH][CH]1. The molecule has 16 heavy (non-hydrogen) atoms. The van der Waals surface area contributed by atoms with Crippen LogP contribution in [0.3, 0.4) is 0 Å². The van der Waals surface area contributed by atoms with Crippen molar-refractivity contribution in [3.8, 4) is 0 Å². The van der Waals surface area contributed by atoms with Crippen molar-refractivity contribution in [2.24, 2.45) is 0 Å². The van der Waals surface area contributed by atoms with Gasteiger partial charge in [0.1, 0.15) is 0 Å². The van der Waals surface area contributed by atoms with Crippen molar-refractivity contribution in [1.82, 2.24) is 0 Å². The fourth-order valence-electron chi connectivity index (χ4n) is 1.38. The minimum Gasteiger partial charge on any atom is -0.294 e.